The molecule has 2 heterocycles. The number of rotatable bonds is 7. The zero-order chi connectivity index (χ0) is 19.4. The van der Waals surface area contributed by atoms with Gasteiger partial charge in [-0.25, -0.2) is 4.72 Å². The van der Waals surface area contributed by atoms with E-state index in [9.17, 15) is 8.42 Å². The smallest absolute Gasteiger partial charge is 0.279 e. The Morgan fingerprint density at radius 2 is 1.71 bits per heavy atom. The summed E-state index contributed by atoms with van der Waals surface area (Å²) in [7, 11) is -3.52. The lowest BCUT2D eigenvalue weighted by Crippen LogP contribution is -2.43. The molecule has 0 saturated carbocycles. The molecule has 4 rings (SSSR count). The van der Waals surface area contributed by atoms with E-state index in [0.29, 0.717) is 26.1 Å². The summed E-state index contributed by atoms with van der Waals surface area (Å²) in [5.41, 5.74) is 3.43. The Labute approximate surface area is 166 Å². The molecule has 1 aliphatic heterocycles. The molecule has 6 heteroatoms. The van der Waals surface area contributed by atoms with Crippen molar-refractivity contribution in [2.45, 2.75) is 25.3 Å². The van der Waals surface area contributed by atoms with Gasteiger partial charge in [0, 0.05) is 25.6 Å². The first kappa shape index (κ1) is 18.9. The molecule has 0 aliphatic carbocycles. The Morgan fingerprint density at radius 3 is 2.46 bits per heavy atom. The molecular formula is C22H24N2O3S. The molecule has 2 aromatic carbocycles. The standard InChI is InChI=1S/C22H24N2O3S/c25-28(26,24-15-13-18-7-4-5-10-20(18)17-24)23-14-12-21(22-11-6-16-27-22)19-8-2-1-3-9-19/h1-11,16,21,23H,12-15,17H2/t21-/m1/s1. The Morgan fingerprint density at radius 1 is 0.964 bits per heavy atom. The molecule has 0 bridgehead atoms. The Hall–Kier alpha value is -2.41. The molecule has 1 aromatic heterocycles. The van der Waals surface area contributed by atoms with Crippen molar-refractivity contribution in [3.8, 4) is 0 Å². The van der Waals surface area contributed by atoms with Crippen LogP contribution in [0.15, 0.2) is 77.4 Å². The van der Waals surface area contributed by atoms with Gasteiger partial charge < -0.3 is 4.42 Å². The minimum absolute atomic E-state index is 0.0148. The van der Waals surface area contributed by atoms with E-state index < -0.39 is 10.2 Å². The lowest BCUT2D eigenvalue weighted by molar-refractivity contribution is 0.382. The van der Waals surface area contributed by atoms with Gasteiger partial charge >= 0.3 is 0 Å². The van der Waals surface area contributed by atoms with Gasteiger partial charge in [-0.05, 0) is 41.7 Å². The molecule has 1 N–H and O–H groups in total. The SMILES string of the molecule is O=S(=O)(NCC[C@H](c1ccccc1)c1ccco1)N1CCc2ccccc2C1. The normalized spacial score (nSPS) is 15.9. The minimum atomic E-state index is -3.52. The fraction of sp³-hybridized carbons (Fsp3) is 0.273. The Bertz CT molecular complexity index is 1000. The maximum atomic E-state index is 12.8. The van der Waals surface area contributed by atoms with Crippen LogP contribution in [0.3, 0.4) is 0 Å². The first-order valence-electron chi connectivity index (χ1n) is 9.53. The van der Waals surface area contributed by atoms with E-state index in [4.69, 9.17) is 4.42 Å². The summed E-state index contributed by atoms with van der Waals surface area (Å²) in [5, 5.41) is 0. The molecule has 3 aromatic rings. The molecule has 28 heavy (non-hydrogen) atoms. The first-order chi connectivity index (χ1) is 13.6. The third kappa shape index (κ3) is 4.19. The van der Waals surface area contributed by atoms with E-state index >= 15 is 0 Å². The molecule has 0 unspecified atom stereocenters. The highest BCUT2D eigenvalue weighted by Crippen LogP contribution is 2.28. The van der Waals surface area contributed by atoms with E-state index in [2.05, 4.69) is 10.8 Å². The summed E-state index contributed by atoms with van der Waals surface area (Å²) >= 11 is 0. The van der Waals surface area contributed by atoms with Crippen LogP contribution in [0.1, 0.15) is 34.8 Å². The average molecular weight is 397 g/mol. The van der Waals surface area contributed by atoms with Gasteiger partial charge in [-0.1, -0.05) is 54.6 Å². The van der Waals surface area contributed by atoms with Crippen LogP contribution < -0.4 is 4.72 Å². The van der Waals surface area contributed by atoms with Crippen LogP contribution in [0.25, 0.3) is 0 Å². The number of nitrogens with zero attached hydrogens (tertiary/aromatic N) is 1. The van der Waals surface area contributed by atoms with E-state index in [1.165, 1.54) is 9.87 Å². The fourth-order valence-corrected chi connectivity index (χ4v) is 4.95. The Kier molecular flexibility index (Phi) is 5.62. The maximum Gasteiger partial charge on any atom is 0.279 e. The highest BCUT2D eigenvalue weighted by molar-refractivity contribution is 7.87. The highest BCUT2D eigenvalue weighted by Gasteiger charge is 2.26. The summed E-state index contributed by atoms with van der Waals surface area (Å²) in [6, 6.07) is 21.9. The summed E-state index contributed by atoms with van der Waals surface area (Å²) in [4.78, 5) is 0. The van der Waals surface area contributed by atoms with Crippen LogP contribution in [-0.4, -0.2) is 25.8 Å². The second kappa shape index (κ2) is 8.31. The van der Waals surface area contributed by atoms with Gasteiger partial charge in [-0.15, -0.1) is 0 Å². The summed E-state index contributed by atoms with van der Waals surface area (Å²) in [5.74, 6) is 0.860. The lowest BCUT2D eigenvalue weighted by atomic mass is 9.93. The molecule has 0 radical (unpaired) electrons. The van der Waals surface area contributed by atoms with Gasteiger partial charge in [0.05, 0.1) is 6.26 Å². The quantitative estimate of drug-likeness (QED) is 0.662. The summed E-state index contributed by atoms with van der Waals surface area (Å²) in [6.07, 6.45) is 3.03. The highest BCUT2D eigenvalue weighted by atomic mass is 32.2. The number of furan rings is 1. The monoisotopic (exact) mass is 396 g/mol. The van der Waals surface area contributed by atoms with Gasteiger partial charge in [0.15, 0.2) is 0 Å². The fourth-order valence-electron chi connectivity index (χ4n) is 3.75. The van der Waals surface area contributed by atoms with Crippen molar-refractivity contribution >= 4 is 10.2 Å². The van der Waals surface area contributed by atoms with Gasteiger partial charge in [0.25, 0.3) is 10.2 Å². The summed E-state index contributed by atoms with van der Waals surface area (Å²) < 4.78 is 35.5. The second-order valence-corrected chi connectivity index (χ2v) is 8.77. The number of hydrogen-bond donors (Lipinski definition) is 1. The van der Waals surface area contributed by atoms with Gasteiger partial charge in [0.2, 0.25) is 0 Å². The van der Waals surface area contributed by atoms with Crippen molar-refractivity contribution in [2.24, 2.45) is 0 Å². The van der Waals surface area contributed by atoms with Crippen LogP contribution in [0, 0.1) is 0 Å². The summed E-state index contributed by atoms with van der Waals surface area (Å²) in [6.45, 7) is 1.28. The molecule has 0 spiro atoms. The molecule has 0 fully saturated rings. The maximum absolute atomic E-state index is 12.8. The number of nitrogens with one attached hydrogen (secondary N) is 1. The van der Waals surface area contributed by atoms with Crippen LogP contribution in [0.2, 0.25) is 0 Å². The largest absolute Gasteiger partial charge is 0.469 e. The molecule has 0 saturated heterocycles. The third-order valence-corrected chi connectivity index (χ3v) is 6.80. The van der Waals surface area contributed by atoms with E-state index in [0.717, 1.165) is 23.3 Å². The third-order valence-electron chi connectivity index (χ3n) is 5.24. The van der Waals surface area contributed by atoms with E-state index in [1.807, 2.05) is 60.7 Å². The first-order valence-corrected chi connectivity index (χ1v) is 11.0. The van der Waals surface area contributed by atoms with Crippen molar-refractivity contribution in [3.05, 3.63) is 95.4 Å². The molecular weight excluding hydrogens is 372 g/mol. The van der Waals surface area contributed by atoms with Crippen LogP contribution in [0.5, 0.6) is 0 Å². The topological polar surface area (TPSA) is 62.6 Å². The van der Waals surface area contributed by atoms with Crippen molar-refractivity contribution in [1.82, 2.24) is 9.03 Å². The van der Waals surface area contributed by atoms with Gasteiger partial charge in [0.1, 0.15) is 5.76 Å². The predicted octanol–water partition coefficient (Wildman–Crippen LogP) is 3.69. The van der Waals surface area contributed by atoms with Crippen molar-refractivity contribution in [3.63, 3.8) is 0 Å². The van der Waals surface area contributed by atoms with Crippen molar-refractivity contribution in [2.75, 3.05) is 13.1 Å². The van der Waals surface area contributed by atoms with Gasteiger partial charge in [-0.3, -0.25) is 0 Å². The minimum Gasteiger partial charge on any atom is -0.469 e. The van der Waals surface area contributed by atoms with Crippen molar-refractivity contribution in [1.29, 1.82) is 0 Å². The zero-order valence-corrected chi connectivity index (χ0v) is 16.4. The van der Waals surface area contributed by atoms with Crippen LogP contribution in [0.4, 0.5) is 0 Å². The van der Waals surface area contributed by atoms with E-state index in [-0.39, 0.29) is 5.92 Å². The van der Waals surface area contributed by atoms with E-state index in [1.54, 1.807) is 6.26 Å². The Balaban J connectivity index is 1.42. The molecule has 0 amide bonds. The number of benzene rings is 2. The average Bonchev–Trinajstić information content (AvgIpc) is 3.26. The molecule has 5 nitrogen and oxygen atoms in total. The van der Waals surface area contributed by atoms with Gasteiger partial charge in [-0.2, -0.15) is 12.7 Å². The number of fused-ring (bicyclic) bond motifs is 1. The second-order valence-electron chi connectivity index (χ2n) is 7.02. The van der Waals surface area contributed by atoms with Crippen LogP contribution in [-0.2, 0) is 23.2 Å². The zero-order valence-electron chi connectivity index (χ0n) is 15.6. The van der Waals surface area contributed by atoms with Crippen molar-refractivity contribution < 1.29 is 12.8 Å². The molecule has 1 aliphatic rings. The molecule has 1 atom stereocenters. The predicted molar refractivity (Wildman–Crippen MR) is 109 cm³/mol. The van der Waals surface area contributed by atoms with Crippen LogP contribution >= 0.6 is 0 Å². The number of hydrogen-bond acceptors (Lipinski definition) is 3. The lowest BCUT2D eigenvalue weighted by Gasteiger charge is -2.28. The molecule has 146 valence electrons.